The molecule has 1 aromatic carbocycles. The highest BCUT2D eigenvalue weighted by atomic mass is 32.2. The van der Waals surface area contributed by atoms with Crippen LogP contribution in [0.2, 0.25) is 0 Å². The molecule has 9 nitrogen and oxygen atoms in total. The number of thioether (sulfide) groups is 1. The smallest absolute Gasteiger partial charge is 0.276 e. The van der Waals surface area contributed by atoms with Gasteiger partial charge in [0, 0.05) is 17.0 Å². The molecule has 0 atom stereocenters. The van der Waals surface area contributed by atoms with Crippen molar-refractivity contribution < 1.29 is 9.53 Å². The third kappa shape index (κ3) is 4.00. The molecule has 0 aliphatic carbocycles. The highest BCUT2D eigenvalue weighted by Crippen LogP contribution is 2.27. The molecule has 0 bridgehead atoms. The number of anilines is 1. The molecule has 4 rings (SSSR count). The van der Waals surface area contributed by atoms with Crippen LogP contribution >= 0.6 is 23.1 Å². The van der Waals surface area contributed by atoms with Gasteiger partial charge in [-0.2, -0.15) is 16.7 Å². The number of carbonyl (C=O) groups is 1. The van der Waals surface area contributed by atoms with E-state index in [0.29, 0.717) is 16.5 Å². The number of methoxy groups -OCH3 is 1. The fourth-order valence-electron chi connectivity index (χ4n) is 2.69. The highest BCUT2D eigenvalue weighted by molar-refractivity contribution is 7.97. The topological polar surface area (TPSA) is 114 Å². The fraction of sp³-hybridized carbons (Fsp3) is 0.167. The Bertz CT molecular complexity index is 1230. The molecule has 3 heterocycles. The molecule has 2 N–H and O–H groups in total. The number of hydrogen-bond donors (Lipinski definition) is 2. The lowest BCUT2D eigenvalue weighted by Crippen LogP contribution is -2.20. The van der Waals surface area contributed by atoms with Crippen molar-refractivity contribution in [2.24, 2.45) is 0 Å². The molecule has 0 spiro atoms. The van der Waals surface area contributed by atoms with E-state index in [-0.39, 0.29) is 17.2 Å². The Balaban J connectivity index is 1.60. The first-order chi connectivity index (χ1) is 14.1. The van der Waals surface area contributed by atoms with Crippen molar-refractivity contribution in [1.29, 1.82) is 0 Å². The van der Waals surface area contributed by atoms with Gasteiger partial charge in [0.2, 0.25) is 4.96 Å². The molecule has 0 fully saturated rings. The van der Waals surface area contributed by atoms with E-state index in [9.17, 15) is 9.59 Å². The van der Waals surface area contributed by atoms with Crippen LogP contribution in [0, 0.1) is 0 Å². The van der Waals surface area contributed by atoms with E-state index in [2.05, 4.69) is 25.4 Å². The number of H-pyrrole nitrogens is 1. The van der Waals surface area contributed by atoms with Crippen molar-refractivity contribution in [2.75, 3.05) is 18.7 Å². The van der Waals surface area contributed by atoms with Crippen molar-refractivity contribution in [3.63, 3.8) is 0 Å². The second-order valence-corrected chi connectivity index (χ2v) is 7.65. The van der Waals surface area contributed by atoms with E-state index in [1.54, 1.807) is 11.6 Å². The summed E-state index contributed by atoms with van der Waals surface area (Å²) in [6.07, 6.45) is 1.88. The number of hydrogen-bond acceptors (Lipinski definition) is 8. The van der Waals surface area contributed by atoms with Gasteiger partial charge >= 0.3 is 0 Å². The summed E-state index contributed by atoms with van der Waals surface area (Å²) in [5.74, 6) is 1.31. The molecule has 0 aliphatic heterocycles. The number of thiazole rings is 1. The number of fused-ring (bicyclic) bond motifs is 1. The Morgan fingerprint density at radius 3 is 2.83 bits per heavy atom. The first-order valence-corrected chi connectivity index (χ1v) is 10.7. The standard InChI is InChI=1S/C18H16N6O3S2/c1-27-11-5-3-10(4-6-11)13-8-29-18-22-17(23-24(13)18)21-16(26)12-7-15(25)20-14(19-12)9-28-2/h3-8H,9H2,1-2H3,(H,19,20,25)(H,21,23,26). The van der Waals surface area contributed by atoms with E-state index in [4.69, 9.17) is 4.74 Å². The van der Waals surface area contributed by atoms with Crippen LogP contribution in [-0.2, 0) is 5.75 Å². The fourth-order valence-corrected chi connectivity index (χ4v) is 3.93. The van der Waals surface area contributed by atoms with Gasteiger partial charge in [0.1, 0.15) is 17.3 Å². The first kappa shape index (κ1) is 19.2. The summed E-state index contributed by atoms with van der Waals surface area (Å²) in [6.45, 7) is 0. The normalized spacial score (nSPS) is 11.0. The summed E-state index contributed by atoms with van der Waals surface area (Å²) < 4.78 is 6.84. The van der Waals surface area contributed by atoms with E-state index in [1.165, 1.54) is 23.1 Å². The van der Waals surface area contributed by atoms with Crippen molar-refractivity contribution in [3.8, 4) is 17.0 Å². The first-order valence-electron chi connectivity index (χ1n) is 8.46. The minimum Gasteiger partial charge on any atom is -0.497 e. The summed E-state index contributed by atoms with van der Waals surface area (Å²) in [6, 6.07) is 8.73. The molecule has 0 radical (unpaired) electrons. The van der Waals surface area contributed by atoms with Crippen LogP contribution in [0.4, 0.5) is 5.95 Å². The maximum absolute atomic E-state index is 12.5. The Morgan fingerprint density at radius 2 is 2.10 bits per heavy atom. The van der Waals surface area contributed by atoms with Crippen LogP contribution in [0.1, 0.15) is 16.3 Å². The Labute approximate surface area is 173 Å². The van der Waals surface area contributed by atoms with Gasteiger partial charge in [0.15, 0.2) is 0 Å². The maximum atomic E-state index is 12.5. The molecule has 11 heteroatoms. The van der Waals surface area contributed by atoms with Gasteiger partial charge in [0.05, 0.1) is 18.6 Å². The average Bonchev–Trinajstić information content (AvgIpc) is 3.28. The van der Waals surface area contributed by atoms with Gasteiger partial charge in [-0.3, -0.25) is 14.9 Å². The number of aromatic nitrogens is 5. The number of benzene rings is 1. The summed E-state index contributed by atoms with van der Waals surface area (Å²) >= 11 is 2.90. The van der Waals surface area contributed by atoms with Crippen LogP contribution in [0.3, 0.4) is 0 Å². The monoisotopic (exact) mass is 428 g/mol. The van der Waals surface area contributed by atoms with Crippen molar-refractivity contribution in [1.82, 2.24) is 24.6 Å². The lowest BCUT2D eigenvalue weighted by molar-refractivity contribution is 0.102. The van der Waals surface area contributed by atoms with Gasteiger partial charge in [-0.05, 0) is 30.5 Å². The Hall–Kier alpha value is -3.18. The van der Waals surface area contributed by atoms with E-state index < -0.39 is 5.91 Å². The third-order valence-electron chi connectivity index (χ3n) is 4.00. The predicted octanol–water partition coefficient (Wildman–Crippen LogP) is 2.67. The number of carbonyl (C=O) groups excluding carboxylic acids is 1. The summed E-state index contributed by atoms with van der Waals surface area (Å²) in [7, 11) is 1.61. The maximum Gasteiger partial charge on any atom is 0.276 e. The minimum absolute atomic E-state index is 0.0198. The molecule has 148 valence electrons. The van der Waals surface area contributed by atoms with Gasteiger partial charge in [-0.25, -0.2) is 9.50 Å². The zero-order chi connectivity index (χ0) is 20.4. The number of rotatable bonds is 6. The molecule has 29 heavy (non-hydrogen) atoms. The Kier molecular flexibility index (Phi) is 5.32. The summed E-state index contributed by atoms with van der Waals surface area (Å²) in [5, 5.41) is 8.92. The highest BCUT2D eigenvalue weighted by Gasteiger charge is 2.16. The number of amides is 1. The number of nitrogens with zero attached hydrogens (tertiary/aromatic N) is 4. The van der Waals surface area contributed by atoms with Crippen molar-refractivity contribution in [3.05, 3.63) is 57.6 Å². The van der Waals surface area contributed by atoms with Gasteiger partial charge in [-0.15, -0.1) is 16.4 Å². The molecule has 0 saturated carbocycles. The molecule has 0 unspecified atom stereocenters. The second-order valence-electron chi connectivity index (χ2n) is 5.94. The van der Waals surface area contributed by atoms with Crippen LogP contribution in [0.5, 0.6) is 5.75 Å². The summed E-state index contributed by atoms with van der Waals surface area (Å²) in [4.78, 5) is 36.0. The molecule has 0 saturated heterocycles. The molecular formula is C18H16N6O3S2. The largest absolute Gasteiger partial charge is 0.497 e. The molecule has 4 aromatic rings. The van der Waals surface area contributed by atoms with Gasteiger partial charge in [0.25, 0.3) is 17.4 Å². The van der Waals surface area contributed by atoms with Crippen LogP contribution < -0.4 is 15.6 Å². The van der Waals surface area contributed by atoms with Crippen molar-refractivity contribution >= 4 is 39.9 Å². The van der Waals surface area contributed by atoms with Gasteiger partial charge < -0.3 is 9.72 Å². The van der Waals surface area contributed by atoms with Crippen LogP contribution in [0.15, 0.2) is 40.5 Å². The second kappa shape index (κ2) is 8.05. The predicted molar refractivity (Wildman–Crippen MR) is 113 cm³/mol. The number of ether oxygens (including phenoxy) is 1. The molecule has 1 amide bonds. The van der Waals surface area contributed by atoms with E-state index in [0.717, 1.165) is 23.1 Å². The zero-order valence-corrected chi connectivity index (χ0v) is 17.1. The van der Waals surface area contributed by atoms with Gasteiger partial charge in [-0.1, -0.05) is 0 Å². The zero-order valence-electron chi connectivity index (χ0n) is 15.5. The van der Waals surface area contributed by atoms with Crippen LogP contribution in [0.25, 0.3) is 16.2 Å². The average molecular weight is 428 g/mol. The molecular weight excluding hydrogens is 412 g/mol. The molecule has 0 aliphatic rings. The van der Waals surface area contributed by atoms with Crippen molar-refractivity contribution in [2.45, 2.75) is 5.75 Å². The summed E-state index contributed by atoms with van der Waals surface area (Å²) in [5.41, 5.74) is 1.43. The molecule has 3 aromatic heterocycles. The van der Waals surface area contributed by atoms with Crippen LogP contribution in [-0.4, -0.2) is 43.8 Å². The lowest BCUT2D eigenvalue weighted by Gasteiger charge is -2.03. The Morgan fingerprint density at radius 1 is 1.31 bits per heavy atom. The number of aromatic amines is 1. The number of nitrogens with one attached hydrogen (secondary N) is 2. The quantitative estimate of drug-likeness (QED) is 0.485. The lowest BCUT2D eigenvalue weighted by atomic mass is 10.2. The van der Waals surface area contributed by atoms with E-state index in [1.807, 2.05) is 35.9 Å². The SMILES string of the molecule is COc1ccc(-c2csc3nc(NC(=O)c4cc(=O)[nH]c(CSC)n4)nn23)cc1. The van der Waals surface area contributed by atoms with E-state index >= 15 is 0 Å². The third-order valence-corrected chi connectivity index (χ3v) is 5.38. The minimum atomic E-state index is -0.539.